The Morgan fingerprint density at radius 1 is 1.19 bits per heavy atom. The summed E-state index contributed by atoms with van der Waals surface area (Å²) in [4.78, 5) is 6.79. The number of aromatic nitrogens is 3. The smallest absolute Gasteiger partial charge is 0.154 e. The lowest BCUT2D eigenvalue weighted by atomic mass is 10.1. The Kier molecular flexibility index (Phi) is 2.86. The highest BCUT2D eigenvalue weighted by Crippen LogP contribution is 2.26. The predicted molar refractivity (Wildman–Crippen MR) is 83.2 cm³/mol. The van der Waals surface area contributed by atoms with Crippen LogP contribution in [0.15, 0.2) is 48.8 Å². The van der Waals surface area contributed by atoms with Gasteiger partial charge in [0.05, 0.1) is 5.69 Å². The molecule has 106 valence electrons. The van der Waals surface area contributed by atoms with Gasteiger partial charge in [-0.05, 0) is 12.5 Å². The van der Waals surface area contributed by atoms with Crippen LogP contribution in [0.25, 0.3) is 16.8 Å². The molecular weight excluding hydrogens is 262 g/mol. The molecule has 5 nitrogen and oxygen atoms in total. The van der Waals surface area contributed by atoms with Gasteiger partial charge in [0.25, 0.3) is 0 Å². The third-order valence-corrected chi connectivity index (χ3v) is 3.96. The maximum absolute atomic E-state index is 6.01. The second-order valence-electron chi connectivity index (χ2n) is 5.47. The summed E-state index contributed by atoms with van der Waals surface area (Å²) in [5.74, 6) is 0.972. The summed E-state index contributed by atoms with van der Waals surface area (Å²) < 4.78 is 1.90. The van der Waals surface area contributed by atoms with Gasteiger partial charge in [0, 0.05) is 37.1 Å². The molecule has 0 radical (unpaired) electrons. The van der Waals surface area contributed by atoms with Crippen LogP contribution in [-0.2, 0) is 0 Å². The fourth-order valence-corrected chi connectivity index (χ4v) is 2.88. The van der Waals surface area contributed by atoms with E-state index in [1.54, 1.807) is 6.20 Å². The molecule has 0 spiro atoms. The van der Waals surface area contributed by atoms with Gasteiger partial charge in [0.15, 0.2) is 5.82 Å². The molecule has 0 aliphatic carbocycles. The summed E-state index contributed by atoms with van der Waals surface area (Å²) in [6.07, 6.45) is 4.71. The first-order valence-corrected chi connectivity index (χ1v) is 7.21. The number of benzene rings is 1. The third kappa shape index (κ3) is 2.15. The van der Waals surface area contributed by atoms with E-state index in [0.717, 1.165) is 42.1 Å². The van der Waals surface area contributed by atoms with Gasteiger partial charge >= 0.3 is 0 Å². The predicted octanol–water partition coefficient (Wildman–Crippen LogP) is 1.93. The van der Waals surface area contributed by atoms with E-state index >= 15 is 0 Å². The van der Waals surface area contributed by atoms with Gasteiger partial charge in [-0.15, -0.1) is 0 Å². The summed E-state index contributed by atoms with van der Waals surface area (Å²) in [5.41, 5.74) is 9.13. The SMILES string of the molecule is N[C@@H]1CCN(c2nccn3nc(-c4ccccc4)cc23)C1. The molecule has 1 fully saturated rings. The van der Waals surface area contributed by atoms with Crippen LogP contribution in [0.2, 0.25) is 0 Å². The van der Waals surface area contributed by atoms with Crippen molar-refractivity contribution in [3.8, 4) is 11.3 Å². The number of anilines is 1. The summed E-state index contributed by atoms with van der Waals surface area (Å²) in [7, 11) is 0. The normalized spacial score (nSPS) is 18.5. The molecule has 2 aromatic heterocycles. The maximum atomic E-state index is 6.01. The van der Waals surface area contributed by atoms with Gasteiger partial charge in [-0.1, -0.05) is 30.3 Å². The lowest BCUT2D eigenvalue weighted by Gasteiger charge is -2.17. The van der Waals surface area contributed by atoms with Gasteiger partial charge in [-0.3, -0.25) is 0 Å². The zero-order chi connectivity index (χ0) is 14.2. The molecule has 3 aromatic rings. The molecule has 4 rings (SSSR count). The highest BCUT2D eigenvalue weighted by atomic mass is 15.3. The van der Waals surface area contributed by atoms with E-state index in [1.807, 2.05) is 28.9 Å². The number of nitrogens with two attached hydrogens (primary N) is 1. The van der Waals surface area contributed by atoms with E-state index in [2.05, 4.69) is 33.2 Å². The van der Waals surface area contributed by atoms with Crippen molar-refractivity contribution < 1.29 is 0 Å². The minimum absolute atomic E-state index is 0.239. The summed E-state index contributed by atoms with van der Waals surface area (Å²) in [6, 6.07) is 12.5. The number of rotatable bonds is 2. The average molecular weight is 279 g/mol. The van der Waals surface area contributed by atoms with Crippen LogP contribution in [-0.4, -0.2) is 33.7 Å². The first kappa shape index (κ1) is 12.3. The van der Waals surface area contributed by atoms with Crippen molar-refractivity contribution in [1.29, 1.82) is 0 Å². The Morgan fingerprint density at radius 2 is 2.05 bits per heavy atom. The molecule has 0 saturated carbocycles. The van der Waals surface area contributed by atoms with E-state index in [9.17, 15) is 0 Å². The van der Waals surface area contributed by atoms with Crippen LogP contribution < -0.4 is 10.6 Å². The zero-order valence-corrected chi connectivity index (χ0v) is 11.7. The molecule has 5 heteroatoms. The fraction of sp³-hybridized carbons (Fsp3) is 0.250. The first-order chi connectivity index (χ1) is 10.3. The molecule has 21 heavy (non-hydrogen) atoms. The largest absolute Gasteiger partial charge is 0.353 e. The van der Waals surface area contributed by atoms with Crippen LogP contribution >= 0.6 is 0 Å². The molecule has 1 atom stereocenters. The van der Waals surface area contributed by atoms with E-state index in [1.165, 1.54) is 0 Å². The highest BCUT2D eigenvalue weighted by Gasteiger charge is 2.22. The van der Waals surface area contributed by atoms with Gasteiger partial charge in [-0.25, -0.2) is 9.50 Å². The zero-order valence-electron chi connectivity index (χ0n) is 11.7. The van der Waals surface area contributed by atoms with Crippen LogP contribution in [0.3, 0.4) is 0 Å². The van der Waals surface area contributed by atoms with Crippen LogP contribution in [0.1, 0.15) is 6.42 Å². The Hall–Kier alpha value is -2.40. The van der Waals surface area contributed by atoms with E-state index in [-0.39, 0.29) is 6.04 Å². The minimum atomic E-state index is 0.239. The molecule has 1 aromatic carbocycles. The molecule has 0 unspecified atom stereocenters. The molecule has 0 amide bonds. The van der Waals surface area contributed by atoms with E-state index < -0.39 is 0 Å². The Morgan fingerprint density at radius 3 is 2.81 bits per heavy atom. The number of fused-ring (bicyclic) bond motifs is 1. The molecule has 1 saturated heterocycles. The topological polar surface area (TPSA) is 59.5 Å². The van der Waals surface area contributed by atoms with E-state index in [4.69, 9.17) is 5.73 Å². The Labute approximate surface area is 123 Å². The third-order valence-electron chi connectivity index (χ3n) is 3.96. The molecule has 2 N–H and O–H groups in total. The van der Waals surface area contributed by atoms with Crippen molar-refractivity contribution >= 4 is 11.3 Å². The number of hydrogen-bond donors (Lipinski definition) is 1. The Bertz CT molecular complexity index is 765. The first-order valence-electron chi connectivity index (χ1n) is 7.21. The quantitative estimate of drug-likeness (QED) is 0.778. The van der Waals surface area contributed by atoms with E-state index in [0.29, 0.717) is 0 Å². The molecule has 3 heterocycles. The standard InChI is InChI=1S/C16H17N5/c17-13-6-8-20(11-13)16-15-10-14(12-4-2-1-3-5-12)19-21(15)9-7-18-16/h1-5,7,9-10,13H,6,8,11,17H2/t13-/m1/s1. The number of nitrogens with zero attached hydrogens (tertiary/aromatic N) is 4. The Balaban J connectivity index is 1.81. The minimum Gasteiger partial charge on any atom is -0.353 e. The number of hydrogen-bond acceptors (Lipinski definition) is 4. The summed E-state index contributed by atoms with van der Waals surface area (Å²) in [5, 5.41) is 4.65. The lowest BCUT2D eigenvalue weighted by Crippen LogP contribution is -2.27. The van der Waals surface area contributed by atoms with Gasteiger partial charge in [0.1, 0.15) is 5.52 Å². The van der Waals surface area contributed by atoms with Crippen molar-refractivity contribution in [3.05, 3.63) is 48.8 Å². The van der Waals surface area contributed by atoms with Crippen molar-refractivity contribution in [3.63, 3.8) is 0 Å². The van der Waals surface area contributed by atoms with Gasteiger partial charge in [-0.2, -0.15) is 5.10 Å². The molecule has 0 bridgehead atoms. The second-order valence-corrected chi connectivity index (χ2v) is 5.47. The summed E-state index contributed by atoms with van der Waals surface area (Å²) >= 11 is 0. The highest BCUT2D eigenvalue weighted by molar-refractivity contribution is 5.75. The van der Waals surface area contributed by atoms with Gasteiger partial charge < -0.3 is 10.6 Å². The average Bonchev–Trinajstić information content (AvgIpc) is 3.14. The molecule has 1 aliphatic rings. The van der Waals surface area contributed by atoms with Crippen LogP contribution in [0, 0.1) is 0 Å². The fourth-order valence-electron chi connectivity index (χ4n) is 2.88. The second kappa shape index (κ2) is 4.86. The van der Waals surface area contributed by atoms with Crippen molar-refractivity contribution in [1.82, 2.24) is 14.6 Å². The molecular formula is C16H17N5. The summed E-state index contributed by atoms with van der Waals surface area (Å²) in [6.45, 7) is 1.82. The van der Waals surface area contributed by atoms with Crippen LogP contribution in [0.5, 0.6) is 0 Å². The monoisotopic (exact) mass is 279 g/mol. The van der Waals surface area contributed by atoms with Crippen molar-refractivity contribution in [2.75, 3.05) is 18.0 Å². The van der Waals surface area contributed by atoms with Crippen LogP contribution in [0.4, 0.5) is 5.82 Å². The molecule has 1 aliphatic heterocycles. The van der Waals surface area contributed by atoms with Crippen molar-refractivity contribution in [2.45, 2.75) is 12.5 Å². The van der Waals surface area contributed by atoms with Gasteiger partial charge in [0.2, 0.25) is 0 Å². The lowest BCUT2D eigenvalue weighted by molar-refractivity contribution is 0.751. The van der Waals surface area contributed by atoms with Crippen molar-refractivity contribution in [2.24, 2.45) is 5.73 Å². The maximum Gasteiger partial charge on any atom is 0.154 e.